The van der Waals surface area contributed by atoms with Crippen LogP contribution >= 0.6 is 22.9 Å². The van der Waals surface area contributed by atoms with Crippen molar-refractivity contribution >= 4 is 39.7 Å². The average Bonchev–Trinajstić information content (AvgIpc) is 3.39. The minimum Gasteiger partial charge on any atom is -0.483 e. The van der Waals surface area contributed by atoms with E-state index >= 15 is 0 Å². The van der Waals surface area contributed by atoms with Crippen LogP contribution in [-0.2, 0) is 10.2 Å². The molecule has 8 heteroatoms. The van der Waals surface area contributed by atoms with E-state index in [1.165, 1.54) is 11.3 Å². The van der Waals surface area contributed by atoms with Crippen LogP contribution in [0.3, 0.4) is 0 Å². The minimum atomic E-state index is -0.158. The standard InChI is InChI=1S/C21H23ClN4O2S/c1-4-18(24-20-23-11-19(29-20)28-5-2)26-13-21(8-9-25(12-21)14(3)27)16-10-15(22)6-7-17(16)26/h6-7,10-11H,1,5,8-9,12-13H2,2-3H3,(H,23,24). The van der Waals surface area contributed by atoms with E-state index in [1.807, 2.05) is 30.0 Å². The molecular formula is C21H23ClN4O2S. The Morgan fingerprint density at radius 1 is 1.48 bits per heavy atom. The minimum absolute atomic E-state index is 0.104. The maximum atomic E-state index is 12.0. The van der Waals surface area contributed by atoms with Gasteiger partial charge in [-0.05, 0) is 37.1 Å². The summed E-state index contributed by atoms with van der Waals surface area (Å²) in [5.74, 6) is 0.830. The molecule has 1 N–H and O–H groups in total. The van der Waals surface area contributed by atoms with Crippen LogP contribution in [0.2, 0.25) is 5.02 Å². The van der Waals surface area contributed by atoms with Crippen molar-refractivity contribution in [3.63, 3.8) is 0 Å². The molecule has 4 rings (SSSR count). The lowest BCUT2D eigenvalue weighted by Crippen LogP contribution is -2.38. The molecule has 2 aliphatic heterocycles. The topological polar surface area (TPSA) is 57.7 Å². The Balaban J connectivity index is 1.65. The third-order valence-electron chi connectivity index (χ3n) is 5.51. The summed E-state index contributed by atoms with van der Waals surface area (Å²) in [4.78, 5) is 20.4. The number of rotatable bonds is 5. The molecule has 29 heavy (non-hydrogen) atoms. The van der Waals surface area contributed by atoms with Gasteiger partial charge >= 0.3 is 0 Å². The molecule has 1 fully saturated rings. The quantitative estimate of drug-likeness (QED) is 0.719. The molecule has 1 unspecified atom stereocenters. The Morgan fingerprint density at radius 2 is 2.31 bits per heavy atom. The largest absolute Gasteiger partial charge is 0.483 e. The first-order chi connectivity index (χ1) is 14.0. The van der Waals surface area contributed by atoms with Gasteiger partial charge in [-0.15, -0.1) is 0 Å². The van der Waals surface area contributed by atoms with Crippen LogP contribution in [0.25, 0.3) is 0 Å². The fraction of sp³-hybridized carbons (Fsp3) is 0.381. The highest BCUT2D eigenvalue weighted by Gasteiger charge is 2.48. The van der Waals surface area contributed by atoms with E-state index < -0.39 is 0 Å². The number of amides is 1. The highest BCUT2D eigenvalue weighted by atomic mass is 35.5. The van der Waals surface area contributed by atoms with Gasteiger partial charge in [-0.3, -0.25) is 4.79 Å². The number of hydrogen-bond donors (Lipinski definition) is 1. The summed E-state index contributed by atoms with van der Waals surface area (Å²) in [6.07, 6.45) is 2.60. The molecule has 1 amide bonds. The van der Waals surface area contributed by atoms with E-state index in [9.17, 15) is 4.79 Å². The first-order valence-corrected chi connectivity index (χ1v) is 10.7. The Kier molecular flexibility index (Phi) is 5.30. The van der Waals surface area contributed by atoms with Crippen LogP contribution in [0.4, 0.5) is 10.8 Å². The van der Waals surface area contributed by atoms with Crippen molar-refractivity contribution in [2.24, 2.45) is 0 Å². The van der Waals surface area contributed by atoms with Crippen molar-refractivity contribution in [2.45, 2.75) is 25.7 Å². The first-order valence-electron chi connectivity index (χ1n) is 9.54. The highest BCUT2D eigenvalue weighted by molar-refractivity contribution is 7.17. The fourth-order valence-electron chi connectivity index (χ4n) is 4.17. The molecule has 0 aliphatic carbocycles. The second-order valence-electron chi connectivity index (χ2n) is 7.29. The van der Waals surface area contributed by atoms with E-state index in [0.29, 0.717) is 23.3 Å². The summed E-state index contributed by atoms with van der Waals surface area (Å²) in [6.45, 7) is 10.2. The van der Waals surface area contributed by atoms with Crippen LogP contribution in [0.5, 0.6) is 5.06 Å². The zero-order valence-corrected chi connectivity index (χ0v) is 18.1. The zero-order chi connectivity index (χ0) is 20.6. The number of ether oxygens (including phenoxy) is 1. The second kappa shape index (κ2) is 7.75. The Labute approximate surface area is 179 Å². The molecule has 2 aliphatic rings. The predicted molar refractivity (Wildman–Crippen MR) is 117 cm³/mol. The molecule has 1 aromatic heterocycles. The molecule has 152 valence electrons. The van der Waals surface area contributed by atoms with Crippen molar-refractivity contribution in [2.75, 3.05) is 36.5 Å². The van der Waals surface area contributed by atoms with Crippen molar-refractivity contribution < 1.29 is 9.53 Å². The molecule has 0 bridgehead atoms. The number of carbonyl (C=O) groups is 1. The Bertz CT molecular complexity index is 1000. The molecule has 1 saturated heterocycles. The predicted octanol–water partition coefficient (Wildman–Crippen LogP) is 4.24. The third-order valence-corrected chi connectivity index (χ3v) is 6.57. The number of anilines is 2. The Hall–Kier alpha value is -2.47. The molecule has 2 aromatic rings. The number of hydrogen-bond acceptors (Lipinski definition) is 6. The van der Waals surface area contributed by atoms with Gasteiger partial charge in [0.1, 0.15) is 0 Å². The maximum Gasteiger partial charge on any atom is 0.219 e. The van der Waals surface area contributed by atoms with Gasteiger partial charge in [-0.25, -0.2) is 4.98 Å². The molecule has 1 aromatic carbocycles. The van der Waals surface area contributed by atoms with Crippen molar-refractivity contribution in [3.8, 4) is 5.06 Å². The number of thiazole rings is 1. The monoisotopic (exact) mass is 430 g/mol. The van der Waals surface area contributed by atoms with Crippen LogP contribution in [0.15, 0.2) is 42.5 Å². The van der Waals surface area contributed by atoms with Gasteiger partial charge < -0.3 is 19.9 Å². The number of likely N-dealkylation sites (tertiary alicyclic amines) is 1. The highest BCUT2D eigenvalue weighted by Crippen LogP contribution is 2.48. The van der Waals surface area contributed by atoms with E-state index in [2.05, 4.69) is 27.5 Å². The van der Waals surface area contributed by atoms with Gasteiger partial charge in [-0.1, -0.05) is 35.2 Å². The second-order valence-corrected chi connectivity index (χ2v) is 8.72. The number of benzene rings is 1. The lowest BCUT2D eigenvalue weighted by Gasteiger charge is -2.26. The number of fused-ring (bicyclic) bond motifs is 2. The van der Waals surface area contributed by atoms with Gasteiger partial charge in [-0.2, -0.15) is 0 Å². The summed E-state index contributed by atoms with van der Waals surface area (Å²) >= 11 is 7.77. The van der Waals surface area contributed by atoms with Gasteiger partial charge in [0.25, 0.3) is 0 Å². The van der Waals surface area contributed by atoms with Gasteiger partial charge in [0.05, 0.1) is 12.8 Å². The molecule has 1 spiro atoms. The molecule has 0 saturated carbocycles. The number of aromatic nitrogens is 1. The Morgan fingerprint density at radius 3 is 3.00 bits per heavy atom. The van der Waals surface area contributed by atoms with Crippen molar-refractivity contribution in [1.29, 1.82) is 0 Å². The van der Waals surface area contributed by atoms with Crippen LogP contribution in [0.1, 0.15) is 25.8 Å². The SMILES string of the molecule is C=C=C(Nc1ncc(OCC)s1)N1CC2(CCN(C(C)=O)C2)c2cc(Cl)ccc21. The van der Waals surface area contributed by atoms with Crippen LogP contribution < -0.4 is 15.0 Å². The van der Waals surface area contributed by atoms with Gasteiger partial charge in [0.15, 0.2) is 16.0 Å². The van der Waals surface area contributed by atoms with E-state index in [0.717, 1.165) is 41.6 Å². The van der Waals surface area contributed by atoms with Crippen LogP contribution in [0, 0.1) is 0 Å². The van der Waals surface area contributed by atoms with Crippen molar-refractivity contribution in [1.82, 2.24) is 9.88 Å². The van der Waals surface area contributed by atoms with Crippen LogP contribution in [-0.4, -0.2) is 42.0 Å². The van der Waals surface area contributed by atoms with Gasteiger partial charge in [0.2, 0.25) is 5.91 Å². The third kappa shape index (κ3) is 3.62. The molecule has 3 heterocycles. The fourth-order valence-corrected chi connectivity index (χ4v) is 5.06. The zero-order valence-electron chi connectivity index (χ0n) is 16.5. The lowest BCUT2D eigenvalue weighted by atomic mass is 9.81. The summed E-state index contributed by atoms with van der Waals surface area (Å²) in [5, 5.41) is 5.50. The lowest BCUT2D eigenvalue weighted by molar-refractivity contribution is -0.127. The molecule has 0 radical (unpaired) electrons. The average molecular weight is 431 g/mol. The van der Waals surface area contributed by atoms with Gasteiger partial charge in [0, 0.05) is 42.7 Å². The van der Waals surface area contributed by atoms with E-state index in [4.69, 9.17) is 16.3 Å². The summed E-state index contributed by atoms with van der Waals surface area (Å²) in [6, 6.07) is 5.94. The van der Waals surface area contributed by atoms with Crippen molar-refractivity contribution in [3.05, 3.63) is 53.1 Å². The number of carbonyl (C=O) groups excluding carboxylic acids is 1. The number of halogens is 1. The summed E-state index contributed by atoms with van der Waals surface area (Å²) in [5.41, 5.74) is 5.09. The smallest absolute Gasteiger partial charge is 0.219 e. The number of nitrogens with zero attached hydrogens (tertiary/aromatic N) is 3. The van der Waals surface area contributed by atoms with E-state index in [-0.39, 0.29) is 11.3 Å². The molecule has 6 nitrogen and oxygen atoms in total. The maximum absolute atomic E-state index is 12.0. The first kappa shape index (κ1) is 19.8. The molecule has 1 atom stereocenters. The summed E-state index contributed by atoms with van der Waals surface area (Å²) < 4.78 is 5.51. The summed E-state index contributed by atoms with van der Waals surface area (Å²) in [7, 11) is 0. The van der Waals surface area contributed by atoms with E-state index in [1.54, 1.807) is 13.1 Å². The normalized spacial score (nSPS) is 20.0. The number of nitrogens with one attached hydrogen (secondary N) is 1. The molecular weight excluding hydrogens is 408 g/mol.